The monoisotopic (exact) mass is 503 g/mol. The normalized spacial score (nSPS) is 11.6. The van der Waals surface area contributed by atoms with E-state index in [-0.39, 0.29) is 0 Å². The molecule has 0 saturated heterocycles. The van der Waals surface area contributed by atoms with Crippen molar-refractivity contribution in [3.63, 3.8) is 0 Å². The van der Waals surface area contributed by atoms with Gasteiger partial charge in [0.2, 0.25) is 5.89 Å². The van der Waals surface area contributed by atoms with Crippen molar-refractivity contribution in [2.24, 2.45) is 0 Å². The fourth-order valence-electron chi connectivity index (χ4n) is 5.37. The Labute approximate surface area is 223 Å². The summed E-state index contributed by atoms with van der Waals surface area (Å²) in [6.45, 7) is 0. The van der Waals surface area contributed by atoms with Gasteiger partial charge in [-0.2, -0.15) is 5.10 Å². The van der Waals surface area contributed by atoms with Gasteiger partial charge in [0.15, 0.2) is 5.58 Å². The average molecular weight is 504 g/mol. The molecule has 0 atom stereocenters. The lowest BCUT2D eigenvalue weighted by atomic mass is 10.1. The van der Waals surface area contributed by atoms with Crippen molar-refractivity contribution in [2.45, 2.75) is 0 Å². The van der Waals surface area contributed by atoms with Gasteiger partial charge in [0.05, 0.1) is 22.4 Å². The van der Waals surface area contributed by atoms with Crippen LogP contribution in [-0.4, -0.2) is 24.3 Å². The molecule has 0 bridgehead atoms. The van der Waals surface area contributed by atoms with Crippen LogP contribution in [0.2, 0.25) is 0 Å². The molecule has 8 aromatic rings. The van der Waals surface area contributed by atoms with E-state index in [1.807, 2.05) is 59.5 Å². The molecule has 6 heteroatoms. The molecule has 0 aliphatic carbocycles. The highest BCUT2D eigenvalue weighted by Gasteiger charge is 2.17. The van der Waals surface area contributed by atoms with Crippen molar-refractivity contribution in [3.8, 4) is 34.1 Å². The van der Waals surface area contributed by atoms with E-state index >= 15 is 0 Å². The Morgan fingerprint density at radius 2 is 1.54 bits per heavy atom. The van der Waals surface area contributed by atoms with E-state index in [0.29, 0.717) is 5.89 Å². The maximum absolute atomic E-state index is 6.27. The quantitative estimate of drug-likeness (QED) is 0.245. The van der Waals surface area contributed by atoms with E-state index in [1.165, 1.54) is 10.8 Å². The summed E-state index contributed by atoms with van der Waals surface area (Å²) in [4.78, 5) is 9.47. The van der Waals surface area contributed by atoms with E-state index in [9.17, 15) is 0 Å². The molecular weight excluding hydrogens is 482 g/mol. The second-order valence-corrected chi connectivity index (χ2v) is 9.44. The summed E-state index contributed by atoms with van der Waals surface area (Å²) in [6.07, 6.45) is 5.50. The molecule has 0 amide bonds. The van der Waals surface area contributed by atoms with Gasteiger partial charge >= 0.3 is 0 Å². The number of fused-ring (bicyclic) bond motifs is 4. The Morgan fingerprint density at radius 1 is 0.641 bits per heavy atom. The maximum Gasteiger partial charge on any atom is 0.227 e. The SMILES string of the molecule is c1ccc(-c2cccc(-n3c4ccccc4c4ccc(-c5nc6c(-n7cccn7)cccc6o5)cc43)c2)nc1. The minimum atomic E-state index is 0.575. The van der Waals surface area contributed by atoms with Crippen molar-refractivity contribution >= 4 is 32.9 Å². The highest BCUT2D eigenvalue weighted by Crippen LogP contribution is 2.36. The van der Waals surface area contributed by atoms with E-state index < -0.39 is 0 Å². The van der Waals surface area contributed by atoms with Crippen molar-refractivity contribution in [1.82, 2.24) is 24.3 Å². The van der Waals surface area contributed by atoms with E-state index in [2.05, 4.69) is 81.4 Å². The molecule has 6 nitrogen and oxygen atoms in total. The lowest BCUT2D eigenvalue weighted by Crippen LogP contribution is -1.95. The Balaban J connectivity index is 1.34. The number of benzene rings is 4. The van der Waals surface area contributed by atoms with Gasteiger partial charge in [-0.15, -0.1) is 0 Å². The van der Waals surface area contributed by atoms with Gasteiger partial charge in [-0.25, -0.2) is 9.67 Å². The predicted molar refractivity (Wildman–Crippen MR) is 154 cm³/mol. The van der Waals surface area contributed by atoms with Crippen LogP contribution in [0.25, 0.3) is 67.0 Å². The fourth-order valence-corrected chi connectivity index (χ4v) is 5.37. The molecule has 8 rings (SSSR count). The molecule has 0 radical (unpaired) electrons. The van der Waals surface area contributed by atoms with Crippen molar-refractivity contribution in [3.05, 3.63) is 128 Å². The van der Waals surface area contributed by atoms with Crippen LogP contribution in [0.15, 0.2) is 132 Å². The van der Waals surface area contributed by atoms with Gasteiger partial charge in [-0.3, -0.25) is 4.98 Å². The summed E-state index contributed by atoms with van der Waals surface area (Å²) < 4.78 is 10.4. The van der Waals surface area contributed by atoms with Crippen LogP contribution in [-0.2, 0) is 0 Å². The summed E-state index contributed by atoms with van der Waals surface area (Å²) in [5, 5.41) is 6.75. The smallest absolute Gasteiger partial charge is 0.227 e. The minimum Gasteiger partial charge on any atom is -0.436 e. The summed E-state index contributed by atoms with van der Waals surface area (Å²) >= 11 is 0. The first-order chi connectivity index (χ1) is 19.3. The van der Waals surface area contributed by atoms with E-state index in [4.69, 9.17) is 9.40 Å². The van der Waals surface area contributed by atoms with Gasteiger partial charge < -0.3 is 8.98 Å². The molecule has 4 aromatic heterocycles. The van der Waals surface area contributed by atoms with Crippen molar-refractivity contribution in [2.75, 3.05) is 0 Å². The third-order valence-electron chi connectivity index (χ3n) is 7.13. The molecule has 0 spiro atoms. The van der Waals surface area contributed by atoms with Crippen LogP contribution in [0, 0.1) is 0 Å². The second kappa shape index (κ2) is 8.53. The molecule has 0 aliphatic heterocycles. The number of hydrogen-bond acceptors (Lipinski definition) is 4. The first kappa shape index (κ1) is 21.6. The molecule has 0 saturated carbocycles. The molecule has 39 heavy (non-hydrogen) atoms. The van der Waals surface area contributed by atoms with Gasteiger partial charge in [-0.05, 0) is 60.7 Å². The average Bonchev–Trinajstić information content (AvgIpc) is 3.75. The van der Waals surface area contributed by atoms with Gasteiger partial charge in [0.25, 0.3) is 0 Å². The Kier molecular flexibility index (Phi) is 4.72. The zero-order valence-corrected chi connectivity index (χ0v) is 20.8. The Morgan fingerprint density at radius 3 is 2.44 bits per heavy atom. The Hall–Kier alpha value is -5.49. The molecule has 0 unspecified atom stereocenters. The number of pyridine rings is 1. The summed E-state index contributed by atoms with van der Waals surface area (Å²) in [5.74, 6) is 0.575. The third-order valence-corrected chi connectivity index (χ3v) is 7.13. The zero-order valence-electron chi connectivity index (χ0n) is 20.8. The lowest BCUT2D eigenvalue weighted by Gasteiger charge is -2.10. The second-order valence-electron chi connectivity index (χ2n) is 9.44. The number of rotatable bonds is 4. The van der Waals surface area contributed by atoms with Crippen LogP contribution in [0.3, 0.4) is 0 Å². The fraction of sp³-hybridized carbons (Fsp3) is 0. The van der Waals surface area contributed by atoms with Crippen LogP contribution < -0.4 is 0 Å². The topological polar surface area (TPSA) is 61.7 Å². The number of hydrogen-bond donors (Lipinski definition) is 0. The largest absolute Gasteiger partial charge is 0.436 e. The number of aromatic nitrogens is 5. The Bertz CT molecular complexity index is 2120. The van der Waals surface area contributed by atoms with Crippen molar-refractivity contribution in [1.29, 1.82) is 0 Å². The standard InChI is InChI=1S/C33H21N5O/c1-2-12-28-25(10-1)26-16-15-23(33-36-32-29(37-19-7-18-35-37)13-6-14-31(32)39-33)21-30(26)38(28)24-9-5-8-22(20-24)27-11-3-4-17-34-27/h1-21H. The first-order valence-electron chi connectivity index (χ1n) is 12.8. The lowest BCUT2D eigenvalue weighted by molar-refractivity contribution is 0.620. The molecular formula is C33H21N5O. The molecule has 0 N–H and O–H groups in total. The molecule has 4 aromatic carbocycles. The maximum atomic E-state index is 6.27. The highest BCUT2D eigenvalue weighted by molar-refractivity contribution is 6.10. The zero-order chi connectivity index (χ0) is 25.8. The first-order valence-corrected chi connectivity index (χ1v) is 12.8. The summed E-state index contributed by atoms with van der Waals surface area (Å²) in [7, 11) is 0. The number of oxazole rings is 1. The van der Waals surface area contributed by atoms with Gasteiger partial charge in [0.1, 0.15) is 5.52 Å². The summed E-state index contributed by atoms with van der Waals surface area (Å²) in [6, 6.07) is 37.2. The van der Waals surface area contributed by atoms with E-state index in [1.54, 1.807) is 6.20 Å². The van der Waals surface area contributed by atoms with Gasteiger partial charge in [-0.1, -0.05) is 48.5 Å². The van der Waals surface area contributed by atoms with E-state index in [0.717, 1.165) is 50.3 Å². The van der Waals surface area contributed by atoms with Gasteiger partial charge in [0, 0.05) is 46.2 Å². The number of nitrogens with zero attached hydrogens (tertiary/aromatic N) is 5. The van der Waals surface area contributed by atoms with Crippen LogP contribution in [0.5, 0.6) is 0 Å². The van der Waals surface area contributed by atoms with Crippen LogP contribution in [0.4, 0.5) is 0 Å². The minimum absolute atomic E-state index is 0.575. The molecule has 0 aliphatic rings. The number of para-hydroxylation sites is 2. The van der Waals surface area contributed by atoms with Crippen LogP contribution in [0.1, 0.15) is 0 Å². The van der Waals surface area contributed by atoms with Crippen molar-refractivity contribution < 1.29 is 4.42 Å². The summed E-state index contributed by atoms with van der Waals surface area (Å²) in [5.41, 5.74) is 8.61. The molecule has 4 heterocycles. The molecule has 0 fully saturated rings. The predicted octanol–water partition coefficient (Wildman–Crippen LogP) is 7.84. The molecule has 184 valence electrons. The van der Waals surface area contributed by atoms with Crippen LogP contribution >= 0.6 is 0 Å². The highest BCUT2D eigenvalue weighted by atomic mass is 16.3. The third kappa shape index (κ3) is 3.46.